The fraction of sp³-hybridized carbons (Fsp3) is 0.342. The first kappa shape index (κ1) is 60.3. The molecule has 0 spiro atoms. The van der Waals surface area contributed by atoms with E-state index < -0.39 is 0 Å². The van der Waals surface area contributed by atoms with Gasteiger partial charge in [0.1, 0.15) is 5.75 Å². The van der Waals surface area contributed by atoms with E-state index >= 15 is 0 Å². The Balaban J connectivity index is 0.00000786. The van der Waals surface area contributed by atoms with Crippen molar-refractivity contribution < 1.29 is 26.2 Å². The second-order valence-electron chi connectivity index (χ2n) is 29.2. The molecule has 0 saturated carbocycles. The minimum absolute atomic E-state index is 0. The van der Waals surface area contributed by atoms with Gasteiger partial charge in [-0.25, -0.2) is 0 Å². The van der Waals surface area contributed by atoms with Gasteiger partial charge in [0.25, 0.3) is 0 Å². The molecule has 11 rings (SSSR count). The van der Waals surface area contributed by atoms with E-state index in [1.807, 2.05) is 0 Å². The zero-order valence-corrected chi connectivity index (χ0v) is 55.6. The number of hydrogen-bond acceptors (Lipinski definition) is 3. The van der Waals surface area contributed by atoms with Gasteiger partial charge in [0, 0.05) is 43.6 Å². The molecule has 10 aromatic rings. The number of hydrogen-bond donors (Lipinski definition) is 1. The number of phenols is 1. The first-order chi connectivity index (χ1) is 38.9. The molecule has 2 heterocycles. The predicted molar refractivity (Wildman–Crippen MR) is 354 cm³/mol. The van der Waals surface area contributed by atoms with Crippen molar-refractivity contribution in [3.05, 3.63) is 202 Å². The van der Waals surface area contributed by atoms with Crippen LogP contribution in [0.5, 0.6) is 5.75 Å². The van der Waals surface area contributed by atoms with Crippen LogP contribution in [0.3, 0.4) is 0 Å². The summed E-state index contributed by atoms with van der Waals surface area (Å²) < 4.78 is 2.45. The minimum Gasteiger partial charge on any atom is -0.507 e. The third kappa shape index (κ3) is 10.8. The maximum atomic E-state index is 12.6. The Kier molecular flexibility index (Phi) is 15.5. The van der Waals surface area contributed by atoms with Crippen LogP contribution < -0.4 is 0 Å². The Bertz CT molecular complexity index is 4130. The second-order valence-corrected chi connectivity index (χ2v) is 29.2. The molecule has 8 aromatic carbocycles. The Labute approximate surface area is 516 Å². The second kappa shape index (κ2) is 21.6. The number of benzene rings is 8. The number of rotatable bonds is 9. The molecule has 0 unspecified atom stereocenters. The molecule has 0 amide bonds. The maximum absolute atomic E-state index is 12.6. The molecule has 0 aliphatic heterocycles. The third-order valence-corrected chi connectivity index (χ3v) is 18.0. The number of aromatic nitrogens is 3. The Hall–Kier alpha value is -6.87. The van der Waals surface area contributed by atoms with E-state index in [0.29, 0.717) is 5.69 Å². The van der Waals surface area contributed by atoms with Gasteiger partial charge < -0.3 is 9.67 Å². The van der Waals surface area contributed by atoms with Crippen LogP contribution in [-0.2, 0) is 48.1 Å². The van der Waals surface area contributed by atoms with Gasteiger partial charge in [-0.1, -0.05) is 226 Å². The first-order valence-electron chi connectivity index (χ1n) is 30.3. The van der Waals surface area contributed by atoms with Crippen LogP contribution >= 0.6 is 0 Å². The number of para-hydroxylation sites is 2. The molecular formula is C79H86N3OPt-. The number of nitrogens with zero attached hydrogens (tertiary/aromatic N) is 3. The van der Waals surface area contributed by atoms with E-state index in [-0.39, 0.29) is 65.7 Å². The number of pyridine rings is 1. The van der Waals surface area contributed by atoms with Crippen molar-refractivity contribution in [2.24, 2.45) is 0 Å². The van der Waals surface area contributed by atoms with Crippen molar-refractivity contribution >= 4 is 21.8 Å². The standard InChI is InChI=1S/C79H86N3O.Pt/c1-46(2)60-39-52(58-32-33-64-71-59(58)28-25-29-63(71)78(16,17)45-79(64,18)19)40-61(47(3)4)72(60)82-69-31-24-23-30-66(69)81-74(82)55-36-53(37-56(38-55)75(7,8)9)67-41-54(70-48(5)34-51(35-49(70)6)50-26-21-20-22-27-50)42-68(80-67)62-43-57(76(10,11)12)44-65(73(62)83)77(13,14)15;/h20-35,37-44,46-47,83H,45H2,1-19H3;/q-1;. The van der Waals surface area contributed by atoms with E-state index in [4.69, 9.17) is 9.97 Å². The molecule has 0 bridgehead atoms. The number of imidazole rings is 1. The molecule has 84 heavy (non-hydrogen) atoms. The zero-order chi connectivity index (χ0) is 59.6. The van der Waals surface area contributed by atoms with Crippen LogP contribution in [0.4, 0.5) is 0 Å². The molecule has 1 aliphatic rings. The summed E-state index contributed by atoms with van der Waals surface area (Å²) in [6.45, 7) is 43.6. The van der Waals surface area contributed by atoms with Crippen molar-refractivity contribution in [2.75, 3.05) is 0 Å². The van der Waals surface area contributed by atoms with E-state index in [1.165, 1.54) is 72.1 Å². The molecule has 0 saturated heterocycles. The quantitative estimate of drug-likeness (QED) is 0.147. The topological polar surface area (TPSA) is 50.9 Å². The van der Waals surface area contributed by atoms with Crippen LogP contribution in [0.25, 0.3) is 94.8 Å². The van der Waals surface area contributed by atoms with Gasteiger partial charge in [0.05, 0.1) is 22.6 Å². The molecule has 0 radical (unpaired) electrons. The van der Waals surface area contributed by atoms with Gasteiger partial charge in [0.15, 0.2) is 0 Å². The zero-order valence-electron chi connectivity index (χ0n) is 53.3. The summed E-state index contributed by atoms with van der Waals surface area (Å²) in [5.74, 6) is 1.47. The summed E-state index contributed by atoms with van der Waals surface area (Å²) in [4.78, 5) is 11.3. The molecule has 1 aliphatic carbocycles. The summed E-state index contributed by atoms with van der Waals surface area (Å²) in [5.41, 5.74) is 24.5. The van der Waals surface area contributed by atoms with E-state index in [2.05, 4.69) is 288 Å². The molecule has 5 heteroatoms. The predicted octanol–water partition coefficient (Wildman–Crippen LogP) is 21.8. The average molecular weight is 1290 g/mol. The largest absolute Gasteiger partial charge is 0.507 e. The van der Waals surface area contributed by atoms with Crippen LogP contribution in [-0.4, -0.2) is 19.6 Å². The molecular weight excluding hydrogens is 1200 g/mol. The van der Waals surface area contributed by atoms with Crippen molar-refractivity contribution in [2.45, 2.75) is 177 Å². The SMILES string of the molecule is Cc1cc(-c2ccccc2)cc(C)c1-c1cc(-c2[c-]c(-c3nc4ccccc4n3-c3c(C(C)C)cc(-c4ccc5c6c(cccc46)C(C)(C)CC5(C)C)cc3C(C)C)cc(C(C)(C)C)c2)nc(-c2cc(C(C)(C)C)cc(C(C)(C)C)c2O)c1.[Pt]. The van der Waals surface area contributed by atoms with Crippen molar-refractivity contribution in [3.8, 4) is 78.7 Å². The molecule has 434 valence electrons. The first-order valence-corrected chi connectivity index (χ1v) is 30.3. The normalized spacial score (nSPS) is 14.2. The van der Waals surface area contributed by atoms with Crippen LogP contribution in [0, 0.1) is 19.9 Å². The van der Waals surface area contributed by atoms with E-state index in [1.54, 1.807) is 0 Å². The summed E-state index contributed by atoms with van der Waals surface area (Å²) >= 11 is 0. The molecule has 0 atom stereocenters. The van der Waals surface area contributed by atoms with Crippen LogP contribution in [0.2, 0.25) is 0 Å². The summed E-state index contributed by atoms with van der Waals surface area (Å²) in [5, 5.41) is 15.3. The number of phenolic OH excluding ortho intramolecular Hbond substituents is 1. The number of aryl methyl sites for hydroxylation is 2. The summed E-state index contributed by atoms with van der Waals surface area (Å²) in [6, 6.07) is 58.1. The van der Waals surface area contributed by atoms with Crippen molar-refractivity contribution in [1.82, 2.24) is 14.5 Å². The number of fused-ring (bicyclic) bond motifs is 1. The van der Waals surface area contributed by atoms with E-state index in [0.717, 1.165) is 73.5 Å². The molecule has 2 aromatic heterocycles. The van der Waals surface area contributed by atoms with Gasteiger partial charge in [-0.05, 0) is 179 Å². The van der Waals surface area contributed by atoms with Crippen molar-refractivity contribution in [3.63, 3.8) is 0 Å². The van der Waals surface area contributed by atoms with Gasteiger partial charge >= 0.3 is 0 Å². The monoisotopic (exact) mass is 1290 g/mol. The molecule has 1 N–H and O–H groups in total. The molecule has 0 fully saturated rings. The van der Waals surface area contributed by atoms with E-state index in [9.17, 15) is 5.11 Å². The van der Waals surface area contributed by atoms with Gasteiger partial charge in [-0.3, -0.25) is 9.97 Å². The number of aromatic hydroxyl groups is 1. The maximum Gasteiger partial charge on any atom is 0.128 e. The van der Waals surface area contributed by atoms with Crippen molar-refractivity contribution in [1.29, 1.82) is 0 Å². The van der Waals surface area contributed by atoms with Gasteiger partial charge in [0.2, 0.25) is 0 Å². The molecule has 4 nitrogen and oxygen atoms in total. The van der Waals surface area contributed by atoms with Crippen LogP contribution in [0.15, 0.2) is 146 Å². The average Bonchev–Trinajstić information content (AvgIpc) is 1.29. The fourth-order valence-corrected chi connectivity index (χ4v) is 13.8. The van der Waals surface area contributed by atoms with Crippen LogP contribution in [0.1, 0.15) is 186 Å². The Morgan fingerprint density at radius 2 is 1.10 bits per heavy atom. The van der Waals surface area contributed by atoms with Gasteiger partial charge in [-0.2, -0.15) is 0 Å². The van der Waals surface area contributed by atoms with Gasteiger partial charge in [-0.15, -0.1) is 23.8 Å². The Morgan fingerprint density at radius 1 is 0.524 bits per heavy atom. The third-order valence-electron chi connectivity index (χ3n) is 18.0. The minimum atomic E-state index is -0.327. The fourth-order valence-electron chi connectivity index (χ4n) is 13.8. The Morgan fingerprint density at radius 3 is 1.70 bits per heavy atom. The summed E-state index contributed by atoms with van der Waals surface area (Å²) in [7, 11) is 0. The smallest absolute Gasteiger partial charge is 0.128 e. The summed E-state index contributed by atoms with van der Waals surface area (Å²) in [6.07, 6.45) is 1.11.